The lowest BCUT2D eigenvalue weighted by Gasteiger charge is -2.13. The average Bonchev–Trinajstić information content (AvgIpc) is 2.62. The topological polar surface area (TPSA) is 36.6 Å². The lowest BCUT2D eigenvalue weighted by molar-refractivity contribution is 0.217. The summed E-state index contributed by atoms with van der Waals surface area (Å²) in [6.07, 6.45) is 1.79. The first kappa shape index (κ1) is 10.2. The number of fused-ring (bicyclic) bond motifs is 1. The molecule has 1 N–H and O–H groups in total. The Kier molecular flexibility index (Phi) is 3.04. The number of furan rings is 1. The number of aliphatic hydroxyl groups excluding tert-OH is 1. The van der Waals surface area contributed by atoms with Crippen LogP contribution in [0.15, 0.2) is 34.9 Å². The van der Waals surface area contributed by atoms with Crippen molar-refractivity contribution in [2.75, 3.05) is 20.2 Å². The van der Waals surface area contributed by atoms with E-state index in [1.165, 1.54) is 5.56 Å². The number of nitrogens with zero attached hydrogens (tertiary/aromatic N) is 1. The van der Waals surface area contributed by atoms with Gasteiger partial charge in [-0.2, -0.15) is 0 Å². The third kappa shape index (κ3) is 2.19. The molecule has 2 rings (SSSR count). The zero-order chi connectivity index (χ0) is 10.7. The third-order valence-corrected chi connectivity index (χ3v) is 2.48. The van der Waals surface area contributed by atoms with Crippen molar-refractivity contribution in [2.24, 2.45) is 0 Å². The minimum absolute atomic E-state index is 0.187. The Morgan fingerprint density at radius 1 is 1.33 bits per heavy atom. The molecule has 0 aliphatic carbocycles. The number of likely N-dealkylation sites (N-methyl/N-ethyl adjacent to an activating group) is 1. The Morgan fingerprint density at radius 2 is 2.13 bits per heavy atom. The van der Waals surface area contributed by atoms with E-state index in [1.54, 1.807) is 6.26 Å². The maximum Gasteiger partial charge on any atom is 0.134 e. The molecule has 0 aliphatic rings. The first-order valence-corrected chi connectivity index (χ1v) is 5.06. The normalized spacial score (nSPS) is 11.4. The van der Waals surface area contributed by atoms with Crippen LogP contribution in [0.5, 0.6) is 0 Å². The Bertz CT molecular complexity index is 436. The second kappa shape index (κ2) is 4.47. The largest absolute Gasteiger partial charge is 0.464 e. The van der Waals surface area contributed by atoms with Crippen LogP contribution in [-0.4, -0.2) is 30.2 Å². The van der Waals surface area contributed by atoms with Crippen molar-refractivity contribution in [2.45, 2.75) is 6.54 Å². The van der Waals surface area contributed by atoms with Gasteiger partial charge >= 0.3 is 0 Å². The van der Waals surface area contributed by atoms with E-state index in [0.29, 0.717) is 6.54 Å². The zero-order valence-electron chi connectivity index (χ0n) is 8.81. The van der Waals surface area contributed by atoms with Gasteiger partial charge in [-0.25, -0.2) is 0 Å². The number of rotatable bonds is 4. The van der Waals surface area contributed by atoms with Gasteiger partial charge in [0.2, 0.25) is 0 Å². The van der Waals surface area contributed by atoms with Gasteiger partial charge in [0.1, 0.15) is 5.58 Å². The van der Waals surface area contributed by atoms with E-state index < -0.39 is 0 Å². The van der Waals surface area contributed by atoms with Crippen molar-refractivity contribution in [3.63, 3.8) is 0 Å². The Morgan fingerprint density at radius 3 is 2.93 bits per heavy atom. The molecule has 80 valence electrons. The van der Waals surface area contributed by atoms with Crippen molar-refractivity contribution < 1.29 is 9.52 Å². The van der Waals surface area contributed by atoms with Gasteiger partial charge < -0.3 is 9.52 Å². The van der Waals surface area contributed by atoms with Crippen molar-refractivity contribution >= 4 is 11.0 Å². The molecule has 0 spiro atoms. The van der Waals surface area contributed by atoms with E-state index in [-0.39, 0.29) is 6.61 Å². The SMILES string of the molecule is CN(CCO)Cc1coc2ccccc12. The number of aliphatic hydroxyl groups is 1. The molecule has 2 aromatic rings. The highest BCUT2D eigenvalue weighted by atomic mass is 16.3. The Balaban J connectivity index is 2.21. The van der Waals surface area contributed by atoms with E-state index in [0.717, 1.165) is 17.5 Å². The van der Waals surface area contributed by atoms with Crippen molar-refractivity contribution in [3.05, 3.63) is 36.1 Å². The fourth-order valence-electron chi connectivity index (χ4n) is 1.70. The van der Waals surface area contributed by atoms with Gasteiger partial charge in [0.25, 0.3) is 0 Å². The minimum atomic E-state index is 0.187. The first-order chi connectivity index (χ1) is 7.31. The van der Waals surface area contributed by atoms with Gasteiger partial charge in [-0.05, 0) is 13.1 Å². The molecule has 3 heteroatoms. The summed E-state index contributed by atoms with van der Waals surface area (Å²) in [5.74, 6) is 0. The van der Waals surface area contributed by atoms with Crippen molar-refractivity contribution in [1.82, 2.24) is 4.90 Å². The molecule has 0 radical (unpaired) electrons. The molecule has 0 atom stereocenters. The molecule has 1 aromatic heterocycles. The van der Waals surface area contributed by atoms with Crippen molar-refractivity contribution in [1.29, 1.82) is 0 Å². The van der Waals surface area contributed by atoms with Crippen LogP contribution in [0, 0.1) is 0 Å². The predicted octanol–water partition coefficient (Wildman–Crippen LogP) is 1.86. The van der Waals surface area contributed by atoms with E-state index >= 15 is 0 Å². The summed E-state index contributed by atoms with van der Waals surface area (Å²) in [6.45, 7) is 1.67. The maximum atomic E-state index is 8.81. The van der Waals surface area contributed by atoms with Gasteiger partial charge in [0.05, 0.1) is 12.9 Å². The number of hydrogen-bond donors (Lipinski definition) is 1. The molecular weight excluding hydrogens is 190 g/mol. The lowest BCUT2D eigenvalue weighted by atomic mass is 10.2. The fraction of sp³-hybridized carbons (Fsp3) is 0.333. The molecule has 0 saturated carbocycles. The molecule has 1 heterocycles. The molecule has 15 heavy (non-hydrogen) atoms. The van der Waals surface area contributed by atoms with Crippen LogP contribution in [0.25, 0.3) is 11.0 Å². The summed E-state index contributed by atoms with van der Waals surface area (Å²) in [5.41, 5.74) is 2.09. The van der Waals surface area contributed by atoms with E-state index in [1.807, 2.05) is 25.2 Å². The minimum Gasteiger partial charge on any atom is -0.464 e. The second-order valence-electron chi connectivity index (χ2n) is 3.72. The quantitative estimate of drug-likeness (QED) is 0.827. The highest BCUT2D eigenvalue weighted by molar-refractivity contribution is 5.80. The monoisotopic (exact) mass is 205 g/mol. The van der Waals surface area contributed by atoms with Crippen LogP contribution in [0.2, 0.25) is 0 Å². The number of para-hydroxylation sites is 1. The highest BCUT2D eigenvalue weighted by Crippen LogP contribution is 2.21. The third-order valence-electron chi connectivity index (χ3n) is 2.48. The molecule has 0 unspecified atom stereocenters. The molecule has 1 aromatic carbocycles. The van der Waals surface area contributed by atoms with Gasteiger partial charge in [0.15, 0.2) is 0 Å². The summed E-state index contributed by atoms with van der Waals surface area (Å²) < 4.78 is 5.44. The number of benzene rings is 1. The van der Waals surface area contributed by atoms with Gasteiger partial charge in [-0.3, -0.25) is 4.90 Å². The smallest absolute Gasteiger partial charge is 0.134 e. The molecule has 0 saturated heterocycles. The lowest BCUT2D eigenvalue weighted by Crippen LogP contribution is -2.21. The molecule has 0 amide bonds. The van der Waals surface area contributed by atoms with Crippen LogP contribution in [0.1, 0.15) is 5.56 Å². The van der Waals surface area contributed by atoms with Crippen molar-refractivity contribution in [3.8, 4) is 0 Å². The Hall–Kier alpha value is -1.32. The van der Waals surface area contributed by atoms with Gasteiger partial charge in [-0.1, -0.05) is 18.2 Å². The number of hydrogen-bond acceptors (Lipinski definition) is 3. The summed E-state index contributed by atoms with van der Waals surface area (Å²) in [7, 11) is 1.98. The van der Waals surface area contributed by atoms with Crippen LogP contribution >= 0.6 is 0 Å². The van der Waals surface area contributed by atoms with E-state index in [4.69, 9.17) is 9.52 Å². The molecule has 0 bridgehead atoms. The first-order valence-electron chi connectivity index (χ1n) is 5.06. The van der Waals surface area contributed by atoms with Gasteiger partial charge in [0, 0.05) is 24.0 Å². The zero-order valence-corrected chi connectivity index (χ0v) is 8.81. The molecule has 0 aliphatic heterocycles. The molecule has 0 fully saturated rings. The molecular formula is C12H15NO2. The van der Waals surface area contributed by atoms with Crippen LogP contribution in [0.4, 0.5) is 0 Å². The average molecular weight is 205 g/mol. The Labute approximate surface area is 88.9 Å². The van der Waals surface area contributed by atoms with Gasteiger partial charge in [-0.15, -0.1) is 0 Å². The van der Waals surface area contributed by atoms with E-state index in [2.05, 4.69) is 11.0 Å². The summed E-state index contributed by atoms with van der Waals surface area (Å²) in [5, 5.41) is 9.97. The van der Waals surface area contributed by atoms with Crippen LogP contribution < -0.4 is 0 Å². The fourth-order valence-corrected chi connectivity index (χ4v) is 1.70. The highest BCUT2D eigenvalue weighted by Gasteiger charge is 2.06. The maximum absolute atomic E-state index is 8.81. The summed E-state index contributed by atoms with van der Waals surface area (Å²) >= 11 is 0. The summed E-state index contributed by atoms with van der Waals surface area (Å²) in [6, 6.07) is 7.99. The van der Waals surface area contributed by atoms with Crippen LogP contribution in [0.3, 0.4) is 0 Å². The standard InChI is InChI=1S/C12H15NO2/c1-13(6-7-14)8-10-9-15-12-5-3-2-4-11(10)12/h2-5,9,14H,6-8H2,1H3. The molecule has 3 nitrogen and oxygen atoms in total. The predicted molar refractivity (Wildman–Crippen MR) is 59.6 cm³/mol. The van der Waals surface area contributed by atoms with Crippen LogP contribution in [-0.2, 0) is 6.54 Å². The second-order valence-corrected chi connectivity index (χ2v) is 3.72. The summed E-state index contributed by atoms with van der Waals surface area (Å²) in [4.78, 5) is 2.07. The van der Waals surface area contributed by atoms with E-state index in [9.17, 15) is 0 Å².